The first kappa shape index (κ1) is 13.9. The largest absolute Gasteiger partial charge is 0.377 e. The van der Waals surface area contributed by atoms with E-state index >= 15 is 0 Å². The third kappa shape index (κ3) is 1.99. The quantitative estimate of drug-likeness (QED) is 0.658. The summed E-state index contributed by atoms with van der Waals surface area (Å²) in [6.45, 7) is 4.39. The Morgan fingerprint density at radius 3 is 2.68 bits per heavy atom. The van der Waals surface area contributed by atoms with Crippen LogP contribution in [0.15, 0.2) is 48.6 Å². The first-order chi connectivity index (χ1) is 10.7. The summed E-state index contributed by atoms with van der Waals surface area (Å²) in [5.74, 6) is 1.05. The van der Waals surface area contributed by atoms with Crippen molar-refractivity contribution in [2.45, 2.75) is 32.2 Å². The van der Waals surface area contributed by atoms with E-state index in [0.29, 0.717) is 11.8 Å². The van der Waals surface area contributed by atoms with E-state index in [-0.39, 0.29) is 6.04 Å². The van der Waals surface area contributed by atoms with Crippen LogP contribution < -0.4 is 5.32 Å². The van der Waals surface area contributed by atoms with Gasteiger partial charge in [-0.15, -0.1) is 0 Å². The highest BCUT2D eigenvalue weighted by Crippen LogP contribution is 2.51. The molecule has 2 aliphatic rings. The standard InChI is InChI=1S/C20H20ClN/c1-12-10-11-16-14-7-5-8-15(14)20(22-19(16)13(12)2)17-6-3-4-9-18(17)21/h3-7,9-11,14-15,20,22H,8H2,1-2H3/t14-,15-,20-/m0/s1. The molecule has 0 saturated carbocycles. The predicted molar refractivity (Wildman–Crippen MR) is 93.7 cm³/mol. The molecule has 0 bridgehead atoms. The van der Waals surface area contributed by atoms with E-state index < -0.39 is 0 Å². The fraction of sp³-hybridized carbons (Fsp3) is 0.300. The number of halogens is 1. The Hall–Kier alpha value is -1.73. The van der Waals surface area contributed by atoms with Crippen LogP contribution in [0, 0.1) is 19.8 Å². The van der Waals surface area contributed by atoms with Gasteiger partial charge in [0, 0.05) is 16.6 Å². The minimum absolute atomic E-state index is 0.279. The first-order valence-electron chi connectivity index (χ1n) is 7.94. The Kier molecular flexibility index (Phi) is 3.27. The second-order valence-electron chi connectivity index (χ2n) is 6.47. The molecule has 0 radical (unpaired) electrons. The lowest BCUT2D eigenvalue weighted by atomic mass is 9.76. The van der Waals surface area contributed by atoms with E-state index in [4.69, 9.17) is 11.6 Å². The highest BCUT2D eigenvalue weighted by molar-refractivity contribution is 6.31. The van der Waals surface area contributed by atoms with E-state index in [1.54, 1.807) is 0 Å². The average Bonchev–Trinajstić information content (AvgIpc) is 3.00. The molecular weight excluding hydrogens is 290 g/mol. The summed E-state index contributed by atoms with van der Waals surface area (Å²) in [5.41, 5.74) is 6.65. The van der Waals surface area contributed by atoms with Crippen molar-refractivity contribution in [3.05, 3.63) is 75.8 Å². The first-order valence-corrected chi connectivity index (χ1v) is 8.32. The van der Waals surface area contributed by atoms with Crippen molar-refractivity contribution in [2.75, 3.05) is 5.32 Å². The van der Waals surface area contributed by atoms with E-state index in [1.165, 1.54) is 27.9 Å². The van der Waals surface area contributed by atoms with Crippen LogP contribution in [0.3, 0.4) is 0 Å². The molecule has 2 aromatic rings. The monoisotopic (exact) mass is 309 g/mol. The Labute approximate surface area is 137 Å². The number of fused-ring (bicyclic) bond motifs is 3. The molecule has 1 N–H and O–H groups in total. The van der Waals surface area contributed by atoms with Crippen molar-refractivity contribution in [1.29, 1.82) is 0 Å². The van der Waals surface area contributed by atoms with Crippen LogP contribution in [0.1, 0.15) is 40.6 Å². The fourth-order valence-electron chi connectivity index (χ4n) is 3.95. The molecule has 2 aromatic carbocycles. The normalized spacial score (nSPS) is 25.5. The summed E-state index contributed by atoms with van der Waals surface area (Å²) >= 11 is 6.49. The summed E-state index contributed by atoms with van der Waals surface area (Å²) in [6, 6.07) is 13.1. The van der Waals surface area contributed by atoms with Gasteiger partial charge in [-0.05, 0) is 54.5 Å². The van der Waals surface area contributed by atoms with E-state index in [1.807, 2.05) is 12.1 Å². The maximum absolute atomic E-state index is 6.49. The Bertz CT molecular complexity index is 762. The lowest BCUT2D eigenvalue weighted by molar-refractivity contribution is 0.425. The van der Waals surface area contributed by atoms with Gasteiger partial charge in [0.15, 0.2) is 0 Å². The van der Waals surface area contributed by atoms with Gasteiger partial charge < -0.3 is 5.32 Å². The number of hydrogen-bond acceptors (Lipinski definition) is 1. The molecular formula is C20H20ClN. The molecule has 0 unspecified atom stereocenters. The smallest absolute Gasteiger partial charge is 0.0568 e. The van der Waals surface area contributed by atoms with E-state index in [0.717, 1.165) is 11.4 Å². The van der Waals surface area contributed by atoms with Crippen molar-refractivity contribution in [2.24, 2.45) is 5.92 Å². The molecule has 1 aliphatic carbocycles. The van der Waals surface area contributed by atoms with Crippen molar-refractivity contribution in [3.8, 4) is 0 Å². The highest BCUT2D eigenvalue weighted by Gasteiger charge is 2.39. The van der Waals surface area contributed by atoms with Crippen LogP contribution in [0.5, 0.6) is 0 Å². The molecule has 0 spiro atoms. The number of benzene rings is 2. The molecule has 0 amide bonds. The zero-order valence-corrected chi connectivity index (χ0v) is 13.7. The molecule has 112 valence electrons. The molecule has 1 aliphatic heterocycles. The van der Waals surface area contributed by atoms with Crippen LogP contribution in [0.4, 0.5) is 5.69 Å². The Morgan fingerprint density at radius 1 is 1.05 bits per heavy atom. The number of allylic oxidation sites excluding steroid dienone is 2. The molecule has 1 heterocycles. The predicted octanol–water partition coefficient (Wildman–Crippen LogP) is 5.78. The zero-order chi connectivity index (χ0) is 15.3. The lowest BCUT2D eigenvalue weighted by Gasteiger charge is -2.39. The van der Waals surface area contributed by atoms with Crippen LogP contribution in [-0.4, -0.2) is 0 Å². The van der Waals surface area contributed by atoms with E-state index in [2.05, 4.69) is 55.6 Å². The van der Waals surface area contributed by atoms with Crippen molar-refractivity contribution >= 4 is 17.3 Å². The molecule has 0 aromatic heterocycles. The second-order valence-corrected chi connectivity index (χ2v) is 6.88. The van der Waals surface area contributed by atoms with Gasteiger partial charge >= 0.3 is 0 Å². The van der Waals surface area contributed by atoms with Gasteiger partial charge in [-0.3, -0.25) is 0 Å². The van der Waals surface area contributed by atoms with E-state index in [9.17, 15) is 0 Å². The summed E-state index contributed by atoms with van der Waals surface area (Å²) in [7, 11) is 0. The van der Waals surface area contributed by atoms with Crippen molar-refractivity contribution < 1.29 is 0 Å². The number of anilines is 1. The molecule has 3 atom stereocenters. The number of aryl methyl sites for hydroxylation is 1. The Morgan fingerprint density at radius 2 is 1.86 bits per heavy atom. The van der Waals surface area contributed by atoms with Crippen LogP contribution in [0.25, 0.3) is 0 Å². The highest BCUT2D eigenvalue weighted by atomic mass is 35.5. The summed E-state index contributed by atoms with van der Waals surface area (Å²) in [4.78, 5) is 0. The van der Waals surface area contributed by atoms with Gasteiger partial charge in [-0.2, -0.15) is 0 Å². The molecule has 22 heavy (non-hydrogen) atoms. The molecule has 2 heteroatoms. The van der Waals surface area contributed by atoms with Crippen molar-refractivity contribution in [1.82, 2.24) is 0 Å². The summed E-state index contributed by atoms with van der Waals surface area (Å²) < 4.78 is 0. The van der Waals surface area contributed by atoms with Gasteiger partial charge in [-0.25, -0.2) is 0 Å². The van der Waals surface area contributed by atoms with Crippen LogP contribution in [-0.2, 0) is 0 Å². The van der Waals surface area contributed by atoms with Crippen molar-refractivity contribution in [3.63, 3.8) is 0 Å². The number of nitrogens with one attached hydrogen (secondary N) is 1. The number of hydrogen-bond donors (Lipinski definition) is 1. The Balaban J connectivity index is 1.87. The van der Waals surface area contributed by atoms with Crippen LogP contribution >= 0.6 is 11.6 Å². The summed E-state index contributed by atoms with van der Waals surface area (Å²) in [6.07, 6.45) is 5.81. The third-order valence-corrected chi connectivity index (χ3v) is 5.65. The minimum atomic E-state index is 0.279. The van der Waals surface area contributed by atoms with Gasteiger partial charge in [0.05, 0.1) is 6.04 Å². The van der Waals surface area contributed by atoms with Gasteiger partial charge in [0.1, 0.15) is 0 Å². The SMILES string of the molecule is Cc1ccc2c(c1C)N[C@H](c1ccccc1Cl)[C@H]1CC=C[C@H]21. The van der Waals surface area contributed by atoms with Gasteiger partial charge in [-0.1, -0.05) is 54.1 Å². The molecule has 0 saturated heterocycles. The number of rotatable bonds is 1. The molecule has 0 fully saturated rings. The molecule has 1 nitrogen and oxygen atoms in total. The summed E-state index contributed by atoms with van der Waals surface area (Å²) in [5, 5.41) is 4.67. The topological polar surface area (TPSA) is 12.0 Å². The lowest BCUT2D eigenvalue weighted by Crippen LogP contribution is -2.30. The maximum Gasteiger partial charge on any atom is 0.0568 e. The average molecular weight is 310 g/mol. The maximum atomic E-state index is 6.49. The minimum Gasteiger partial charge on any atom is -0.377 e. The van der Waals surface area contributed by atoms with Gasteiger partial charge in [0.2, 0.25) is 0 Å². The zero-order valence-electron chi connectivity index (χ0n) is 12.9. The van der Waals surface area contributed by atoms with Crippen LogP contribution in [0.2, 0.25) is 5.02 Å². The fourth-order valence-corrected chi connectivity index (χ4v) is 4.21. The molecule has 4 rings (SSSR count). The van der Waals surface area contributed by atoms with Gasteiger partial charge in [0.25, 0.3) is 0 Å². The third-order valence-electron chi connectivity index (χ3n) is 5.31. The second kappa shape index (κ2) is 5.17.